The van der Waals surface area contributed by atoms with Gasteiger partial charge in [0.25, 0.3) is 0 Å². The first-order chi connectivity index (χ1) is 11.9. The molecule has 0 spiro atoms. The first kappa shape index (κ1) is 19.7. The number of nitrogens with zero attached hydrogens (tertiary/aromatic N) is 3. The normalized spacial score (nSPS) is 17.5. The molecule has 1 N–H and O–H groups in total. The predicted octanol–water partition coefficient (Wildman–Crippen LogP) is 2.72. The van der Waals surface area contributed by atoms with Crippen molar-refractivity contribution in [1.82, 2.24) is 20.0 Å². The van der Waals surface area contributed by atoms with Crippen LogP contribution in [0.5, 0.6) is 0 Å². The molecule has 1 fully saturated rings. The Balaban J connectivity index is 1.75. The van der Waals surface area contributed by atoms with Crippen molar-refractivity contribution in [1.29, 1.82) is 0 Å². The highest BCUT2D eigenvalue weighted by atomic mass is 16.2. The second-order valence-electron chi connectivity index (χ2n) is 7.52. The molecule has 1 aromatic carbocycles. The molecule has 0 aromatic heterocycles. The summed E-state index contributed by atoms with van der Waals surface area (Å²) in [5.41, 5.74) is 2.37. The van der Waals surface area contributed by atoms with Crippen molar-refractivity contribution in [3.05, 3.63) is 35.4 Å². The second-order valence-corrected chi connectivity index (χ2v) is 7.52. The zero-order chi connectivity index (χ0) is 18.4. The molecule has 5 heteroatoms. The van der Waals surface area contributed by atoms with Crippen molar-refractivity contribution in [2.45, 2.75) is 38.8 Å². The van der Waals surface area contributed by atoms with Gasteiger partial charge in [0.15, 0.2) is 0 Å². The van der Waals surface area contributed by atoms with Crippen molar-refractivity contribution in [3.63, 3.8) is 0 Å². The maximum Gasteiger partial charge on any atom is 0.317 e. The lowest BCUT2D eigenvalue weighted by molar-refractivity contribution is 0.134. The maximum atomic E-state index is 12.4. The molecule has 25 heavy (non-hydrogen) atoms. The number of benzene rings is 1. The molecule has 1 aromatic rings. The number of likely N-dealkylation sites (tertiary alicyclic amines) is 1. The fraction of sp³-hybridized carbons (Fsp3) is 0.650. The summed E-state index contributed by atoms with van der Waals surface area (Å²) in [5.74, 6) is 0. The van der Waals surface area contributed by atoms with Gasteiger partial charge in [0.2, 0.25) is 0 Å². The molecule has 2 rings (SSSR count). The molecule has 0 aliphatic carbocycles. The molecule has 1 heterocycles. The SMILES string of the molecule is Cc1ccc([C@H](C)NC(=O)N(C)CCN(C)C2CCN(C)CC2)cc1. The van der Waals surface area contributed by atoms with Crippen molar-refractivity contribution in [2.75, 3.05) is 47.3 Å². The zero-order valence-electron chi connectivity index (χ0n) is 16.5. The zero-order valence-corrected chi connectivity index (χ0v) is 16.5. The van der Waals surface area contributed by atoms with Gasteiger partial charge < -0.3 is 20.0 Å². The Labute approximate surface area is 153 Å². The van der Waals surface area contributed by atoms with Gasteiger partial charge in [0, 0.05) is 26.2 Å². The highest BCUT2D eigenvalue weighted by Crippen LogP contribution is 2.15. The molecule has 140 valence electrons. The summed E-state index contributed by atoms with van der Waals surface area (Å²) in [4.78, 5) is 19.0. The van der Waals surface area contributed by atoms with Crippen LogP contribution in [0.1, 0.15) is 36.9 Å². The summed E-state index contributed by atoms with van der Waals surface area (Å²) in [5, 5.41) is 3.09. The van der Waals surface area contributed by atoms with E-state index in [9.17, 15) is 4.79 Å². The Bertz CT molecular complexity index is 537. The van der Waals surface area contributed by atoms with Gasteiger partial charge in [-0.05, 0) is 59.4 Å². The van der Waals surface area contributed by atoms with Crippen LogP contribution < -0.4 is 5.32 Å². The van der Waals surface area contributed by atoms with Crippen LogP contribution in [0.4, 0.5) is 4.79 Å². The third-order valence-electron chi connectivity index (χ3n) is 5.36. The predicted molar refractivity (Wildman–Crippen MR) is 104 cm³/mol. The van der Waals surface area contributed by atoms with Gasteiger partial charge in [-0.25, -0.2) is 4.79 Å². The minimum atomic E-state index is -0.00940. The Morgan fingerprint density at radius 1 is 1.20 bits per heavy atom. The largest absolute Gasteiger partial charge is 0.331 e. The Kier molecular flexibility index (Phi) is 7.26. The number of carbonyl (C=O) groups excluding carboxylic acids is 1. The van der Waals surface area contributed by atoms with Crippen LogP contribution >= 0.6 is 0 Å². The highest BCUT2D eigenvalue weighted by Gasteiger charge is 2.21. The van der Waals surface area contributed by atoms with E-state index in [-0.39, 0.29) is 12.1 Å². The number of rotatable bonds is 6. The maximum absolute atomic E-state index is 12.4. The van der Waals surface area contributed by atoms with Crippen molar-refractivity contribution in [3.8, 4) is 0 Å². The van der Waals surface area contributed by atoms with E-state index in [4.69, 9.17) is 0 Å². The first-order valence-corrected chi connectivity index (χ1v) is 9.34. The number of hydrogen-bond donors (Lipinski definition) is 1. The smallest absolute Gasteiger partial charge is 0.317 e. The van der Waals surface area contributed by atoms with Crippen molar-refractivity contribution in [2.24, 2.45) is 0 Å². The number of urea groups is 1. The van der Waals surface area contributed by atoms with Gasteiger partial charge in [-0.2, -0.15) is 0 Å². The summed E-state index contributed by atoms with van der Waals surface area (Å²) >= 11 is 0. The van der Waals surface area contributed by atoms with Gasteiger partial charge in [0.1, 0.15) is 0 Å². The van der Waals surface area contributed by atoms with Gasteiger partial charge in [-0.3, -0.25) is 0 Å². The van der Waals surface area contributed by atoms with Crippen LogP contribution in [-0.2, 0) is 0 Å². The highest BCUT2D eigenvalue weighted by molar-refractivity contribution is 5.74. The van der Waals surface area contributed by atoms with Crippen LogP contribution in [-0.4, -0.2) is 74.1 Å². The third-order valence-corrected chi connectivity index (χ3v) is 5.36. The van der Waals surface area contributed by atoms with Crippen molar-refractivity contribution < 1.29 is 4.79 Å². The fourth-order valence-electron chi connectivity index (χ4n) is 3.26. The van der Waals surface area contributed by atoms with Gasteiger partial charge >= 0.3 is 6.03 Å². The summed E-state index contributed by atoms with van der Waals surface area (Å²) in [7, 11) is 6.24. The number of nitrogens with one attached hydrogen (secondary N) is 1. The number of piperidine rings is 1. The van der Waals surface area contributed by atoms with E-state index >= 15 is 0 Å². The van der Waals surface area contributed by atoms with Crippen molar-refractivity contribution >= 4 is 6.03 Å². The first-order valence-electron chi connectivity index (χ1n) is 9.34. The molecule has 0 saturated carbocycles. The van der Waals surface area contributed by atoms with Gasteiger partial charge in [0.05, 0.1) is 6.04 Å². The number of hydrogen-bond acceptors (Lipinski definition) is 3. The van der Waals surface area contributed by atoms with Crippen LogP contribution in [0, 0.1) is 6.92 Å². The monoisotopic (exact) mass is 346 g/mol. The van der Waals surface area contributed by atoms with Crippen LogP contribution in [0.25, 0.3) is 0 Å². The molecule has 1 aliphatic rings. The lowest BCUT2D eigenvalue weighted by Crippen LogP contribution is -2.46. The summed E-state index contributed by atoms with van der Waals surface area (Å²) < 4.78 is 0. The molecule has 2 amide bonds. The third kappa shape index (κ3) is 6.01. The Hall–Kier alpha value is -1.59. The molecule has 1 saturated heterocycles. The standard InChI is InChI=1S/C20H34N4O/c1-16-6-8-18(9-7-16)17(2)21-20(25)24(5)15-14-23(4)19-10-12-22(3)13-11-19/h6-9,17,19H,10-15H2,1-5H3,(H,21,25)/t17-/m0/s1. The Morgan fingerprint density at radius 3 is 2.40 bits per heavy atom. The topological polar surface area (TPSA) is 38.8 Å². The molecule has 1 aliphatic heterocycles. The molecule has 0 bridgehead atoms. The van der Waals surface area contributed by atoms with E-state index in [1.165, 1.54) is 31.5 Å². The van der Waals surface area contributed by atoms with E-state index in [1.54, 1.807) is 4.90 Å². The summed E-state index contributed by atoms with van der Waals surface area (Å²) in [6.45, 7) is 8.09. The number of aryl methyl sites for hydroxylation is 1. The summed E-state index contributed by atoms with van der Waals surface area (Å²) in [6, 6.07) is 8.96. The van der Waals surface area contributed by atoms with E-state index in [0.29, 0.717) is 6.04 Å². The number of amides is 2. The average molecular weight is 347 g/mol. The minimum Gasteiger partial charge on any atom is -0.331 e. The lowest BCUT2D eigenvalue weighted by atomic mass is 10.0. The Morgan fingerprint density at radius 2 is 1.80 bits per heavy atom. The molecular formula is C20H34N4O. The minimum absolute atomic E-state index is 0.00940. The fourth-order valence-corrected chi connectivity index (χ4v) is 3.26. The van der Waals surface area contributed by atoms with Gasteiger partial charge in [-0.15, -0.1) is 0 Å². The molecule has 0 radical (unpaired) electrons. The molecule has 1 atom stereocenters. The molecular weight excluding hydrogens is 312 g/mol. The van der Waals surface area contributed by atoms with Crippen LogP contribution in [0.15, 0.2) is 24.3 Å². The average Bonchev–Trinajstić information content (AvgIpc) is 2.60. The van der Waals surface area contributed by atoms with Crippen LogP contribution in [0.3, 0.4) is 0 Å². The second kappa shape index (κ2) is 9.20. The lowest BCUT2D eigenvalue weighted by Gasteiger charge is -2.35. The van der Waals surface area contributed by atoms with E-state index in [2.05, 4.69) is 60.4 Å². The molecule has 0 unspecified atom stereocenters. The van der Waals surface area contributed by atoms with E-state index in [0.717, 1.165) is 18.7 Å². The quantitative estimate of drug-likeness (QED) is 0.861. The molecule has 5 nitrogen and oxygen atoms in total. The van der Waals surface area contributed by atoms with E-state index in [1.807, 2.05) is 14.0 Å². The van der Waals surface area contributed by atoms with E-state index < -0.39 is 0 Å². The van der Waals surface area contributed by atoms with Gasteiger partial charge in [-0.1, -0.05) is 29.8 Å². The number of likely N-dealkylation sites (N-methyl/N-ethyl adjacent to an activating group) is 2. The van der Waals surface area contributed by atoms with Crippen LogP contribution in [0.2, 0.25) is 0 Å². The number of carbonyl (C=O) groups is 1. The summed E-state index contributed by atoms with van der Waals surface area (Å²) in [6.07, 6.45) is 2.43.